The Morgan fingerprint density at radius 1 is 1.00 bits per heavy atom. The van der Waals surface area contributed by atoms with E-state index >= 15 is 0 Å². The van der Waals surface area contributed by atoms with E-state index in [0.29, 0.717) is 11.2 Å². The fourth-order valence-corrected chi connectivity index (χ4v) is 4.78. The van der Waals surface area contributed by atoms with Crippen molar-refractivity contribution in [3.8, 4) is 0 Å². The highest BCUT2D eigenvalue weighted by Gasteiger charge is 2.31. The Bertz CT molecular complexity index is 1220. The highest BCUT2D eigenvalue weighted by Crippen LogP contribution is 2.31. The van der Waals surface area contributed by atoms with E-state index in [2.05, 4.69) is 15.6 Å². The van der Waals surface area contributed by atoms with E-state index in [0.717, 1.165) is 43.1 Å². The first-order valence-corrected chi connectivity index (χ1v) is 12.5. The van der Waals surface area contributed by atoms with Crippen LogP contribution < -0.4 is 15.5 Å². The van der Waals surface area contributed by atoms with Crippen molar-refractivity contribution >= 4 is 51.8 Å². The molecule has 6 nitrogen and oxygen atoms in total. The van der Waals surface area contributed by atoms with Crippen molar-refractivity contribution in [2.45, 2.75) is 45.2 Å². The van der Waals surface area contributed by atoms with Crippen LogP contribution in [-0.4, -0.2) is 28.1 Å². The third-order valence-electron chi connectivity index (χ3n) is 6.16. The summed E-state index contributed by atoms with van der Waals surface area (Å²) in [6.07, 6.45) is 9.41. The summed E-state index contributed by atoms with van der Waals surface area (Å²) in [5.74, 6) is -0.363. The fraction of sp³-hybridized carbons (Fsp3) is 0.286. The van der Waals surface area contributed by atoms with E-state index in [4.69, 9.17) is 12.2 Å². The van der Waals surface area contributed by atoms with Gasteiger partial charge in [-0.25, -0.2) is 0 Å². The number of nitrogens with zero attached hydrogens (tertiary/aromatic N) is 2. The van der Waals surface area contributed by atoms with Crippen LogP contribution >= 0.6 is 12.2 Å². The molecule has 1 aromatic heterocycles. The lowest BCUT2D eigenvalue weighted by atomic mass is 9.88. The molecule has 0 bridgehead atoms. The molecule has 1 saturated carbocycles. The normalized spacial score (nSPS) is 15.0. The minimum Gasteiger partial charge on any atom is -0.342 e. The number of nitrogens with one attached hydrogen (secondary N) is 2. The molecule has 0 aliphatic heterocycles. The lowest BCUT2D eigenvalue weighted by Crippen LogP contribution is -2.53. The first-order chi connectivity index (χ1) is 17.0. The van der Waals surface area contributed by atoms with E-state index in [1.165, 1.54) is 6.08 Å². The average Bonchev–Trinajstić information content (AvgIpc) is 2.88. The molecule has 0 spiro atoms. The maximum Gasteiger partial charge on any atom is 0.245 e. The molecule has 3 aromatic rings. The lowest BCUT2D eigenvalue weighted by Gasteiger charge is -2.31. The Kier molecular flexibility index (Phi) is 8.21. The van der Waals surface area contributed by atoms with Gasteiger partial charge in [0.25, 0.3) is 0 Å². The van der Waals surface area contributed by atoms with Crippen LogP contribution in [0, 0.1) is 5.92 Å². The van der Waals surface area contributed by atoms with Gasteiger partial charge in [0, 0.05) is 23.6 Å². The molecule has 2 N–H and O–H groups in total. The number of pyridine rings is 1. The Labute approximate surface area is 211 Å². The molecule has 2 amide bonds. The van der Waals surface area contributed by atoms with Crippen molar-refractivity contribution in [1.82, 2.24) is 15.6 Å². The molecule has 4 rings (SSSR count). The molecule has 1 aliphatic carbocycles. The zero-order valence-electron chi connectivity index (χ0n) is 19.8. The number of benzene rings is 2. The minimum atomic E-state index is -0.486. The molecule has 1 unspecified atom stereocenters. The van der Waals surface area contributed by atoms with Crippen molar-refractivity contribution in [3.63, 3.8) is 0 Å². The molecular formula is C28H30N4O2S. The number of hydrogen-bond acceptors (Lipinski definition) is 4. The van der Waals surface area contributed by atoms with Crippen molar-refractivity contribution in [3.05, 3.63) is 78.5 Å². The average molecular weight is 487 g/mol. The number of carbonyl (C=O) groups excluding carboxylic acids is 2. The highest BCUT2D eigenvalue weighted by molar-refractivity contribution is 7.80. The minimum absolute atomic E-state index is 0.0251. The van der Waals surface area contributed by atoms with Gasteiger partial charge in [0.1, 0.15) is 0 Å². The molecule has 1 heterocycles. The van der Waals surface area contributed by atoms with Crippen LogP contribution in [0.4, 0.5) is 5.69 Å². The number of rotatable bonds is 6. The first-order valence-electron chi connectivity index (χ1n) is 12.0. The van der Waals surface area contributed by atoms with E-state index < -0.39 is 6.17 Å². The van der Waals surface area contributed by atoms with Crippen molar-refractivity contribution < 1.29 is 9.59 Å². The summed E-state index contributed by atoms with van der Waals surface area (Å²) in [4.78, 5) is 32.3. The van der Waals surface area contributed by atoms with E-state index in [-0.39, 0.29) is 22.8 Å². The molecule has 7 heteroatoms. The summed E-state index contributed by atoms with van der Waals surface area (Å²) in [6.45, 7) is 1.80. The summed E-state index contributed by atoms with van der Waals surface area (Å²) in [5, 5.41) is 7.18. The lowest BCUT2D eigenvalue weighted by molar-refractivity contribution is -0.122. The molecular weight excluding hydrogens is 456 g/mol. The van der Waals surface area contributed by atoms with Crippen LogP contribution in [0.1, 0.15) is 44.6 Å². The van der Waals surface area contributed by atoms with Gasteiger partial charge >= 0.3 is 0 Å². The summed E-state index contributed by atoms with van der Waals surface area (Å²) in [6, 6.07) is 19.2. The van der Waals surface area contributed by atoms with Crippen LogP contribution in [0.2, 0.25) is 0 Å². The highest BCUT2D eigenvalue weighted by atomic mass is 32.1. The summed E-state index contributed by atoms with van der Waals surface area (Å²) in [7, 11) is 0. The van der Waals surface area contributed by atoms with Gasteiger partial charge in [0.15, 0.2) is 5.11 Å². The standard InChI is InChI=1S/C28H30N4O2S/c1-20(30-25(33)18-17-21-10-4-2-5-11-21)31-28(35)32(27(34)23-12-6-3-7-13-23)24-16-8-14-22-15-9-19-29-26(22)24/h2,4-5,8-11,14-20,23H,3,6-7,12-13H2,1H3,(H,30,33)(H,31,35)/b18-17+. The van der Waals surface area contributed by atoms with E-state index in [9.17, 15) is 9.59 Å². The number of para-hydroxylation sites is 1. The maximum absolute atomic E-state index is 13.7. The topological polar surface area (TPSA) is 74.3 Å². The van der Waals surface area contributed by atoms with Gasteiger partial charge in [-0.05, 0) is 55.8 Å². The van der Waals surface area contributed by atoms with Gasteiger partial charge in [-0.3, -0.25) is 19.5 Å². The number of anilines is 1. The second kappa shape index (κ2) is 11.7. The second-order valence-electron chi connectivity index (χ2n) is 8.78. The van der Waals surface area contributed by atoms with Crippen molar-refractivity contribution in [2.75, 3.05) is 4.90 Å². The number of aromatic nitrogens is 1. The predicted octanol–water partition coefficient (Wildman–Crippen LogP) is 5.20. The molecule has 35 heavy (non-hydrogen) atoms. The Morgan fingerprint density at radius 2 is 1.74 bits per heavy atom. The third kappa shape index (κ3) is 6.31. The quantitative estimate of drug-likeness (QED) is 0.285. The second-order valence-corrected chi connectivity index (χ2v) is 9.17. The Balaban J connectivity index is 1.52. The molecule has 0 radical (unpaired) electrons. The van der Waals surface area contributed by atoms with Gasteiger partial charge in [-0.2, -0.15) is 0 Å². The molecule has 180 valence electrons. The first kappa shape index (κ1) is 24.5. The Morgan fingerprint density at radius 3 is 2.51 bits per heavy atom. The zero-order valence-corrected chi connectivity index (χ0v) is 20.6. The SMILES string of the molecule is CC(NC(=O)/C=C/c1ccccc1)NC(=S)N(C(=O)C1CCCCC1)c1cccc2cccnc12. The molecule has 0 saturated heterocycles. The van der Waals surface area contributed by atoms with Gasteiger partial charge in [0.05, 0.1) is 17.4 Å². The monoisotopic (exact) mass is 486 g/mol. The van der Waals surface area contributed by atoms with Crippen LogP contribution in [0.5, 0.6) is 0 Å². The largest absolute Gasteiger partial charge is 0.342 e. The Hall–Kier alpha value is -3.58. The van der Waals surface area contributed by atoms with Gasteiger partial charge in [-0.15, -0.1) is 0 Å². The van der Waals surface area contributed by atoms with Gasteiger partial charge < -0.3 is 10.6 Å². The van der Waals surface area contributed by atoms with Gasteiger partial charge in [-0.1, -0.05) is 67.8 Å². The van der Waals surface area contributed by atoms with Crippen LogP contribution in [0.25, 0.3) is 17.0 Å². The van der Waals surface area contributed by atoms with Gasteiger partial charge in [0.2, 0.25) is 11.8 Å². The van der Waals surface area contributed by atoms with Crippen LogP contribution in [-0.2, 0) is 9.59 Å². The molecule has 2 aromatic carbocycles. The third-order valence-corrected chi connectivity index (χ3v) is 6.46. The molecule has 1 fully saturated rings. The van der Waals surface area contributed by atoms with Crippen molar-refractivity contribution in [2.24, 2.45) is 5.92 Å². The van der Waals surface area contributed by atoms with E-state index in [1.807, 2.05) is 60.7 Å². The smallest absolute Gasteiger partial charge is 0.245 e. The number of thiocarbonyl (C=S) groups is 1. The number of amides is 2. The number of hydrogen-bond donors (Lipinski definition) is 2. The predicted molar refractivity (Wildman–Crippen MR) is 145 cm³/mol. The zero-order chi connectivity index (χ0) is 24.6. The summed E-state index contributed by atoms with van der Waals surface area (Å²) >= 11 is 5.73. The number of carbonyl (C=O) groups is 2. The van der Waals surface area contributed by atoms with E-state index in [1.54, 1.807) is 24.1 Å². The fourth-order valence-electron chi connectivity index (χ4n) is 4.41. The van der Waals surface area contributed by atoms with Crippen molar-refractivity contribution in [1.29, 1.82) is 0 Å². The number of fused-ring (bicyclic) bond motifs is 1. The summed E-state index contributed by atoms with van der Waals surface area (Å²) in [5.41, 5.74) is 2.30. The maximum atomic E-state index is 13.7. The molecule has 1 atom stereocenters. The molecule has 1 aliphatic rings. The van der Waals surface area contributed by atoms with Crippen LogP contribution in [0.15, 0.2) is 72.9 Å². The van der Waals surface area contributed by atoms with Crippen LogP contribution in [0.3, 0.4) is 0 Å². The summed E-state index contributed by atoms with van der Waals surface area (Å²) < 4.78 is 0.